The summed E-state index contributed by atoms with van der Waals surface area (Å²) in [6, 6.07) is 1.99. The van der Waals surface area contributed by atoms with Gasteiger partial charge < -0.3 is 0 Å². The van der Waals surface area contributed by atoms with E-state index in [4.69, 9.17) is 5.26 Å². The van der Waals surface area contributed by atoms with E-state index in [1.165, 1.54) is 11.8 Å². The molecule has 0 unspecified atom stereocenters. The summed E-state index contributed by atoms with van der Waals surface area (Å²) in [5.74, 6) is 1.67. The Morgan fingerprint density at radius 3 is 2.90 bits per heavy atom. The summed E-state index contributed by atoms with van der Waals surface area (Å²) in [7, 11) is 0. The molecule has 1 aliphatic carbocycles. The summed E-state index contributed by atoms with van der Waals surface area (Å²) in [5.41, 5.74) is 0. The number of carbonyl (C=O) groups is 1. The third kappa shape index (κ3) is 2.40. The standard InChI is InChI=1S/C7H9NOS/c8-3-4-10-5-7(9)6-1-2-6/h6H,1-2,4-5H2. The second kappa shape index (κ2) is 3.62. The van der Waals surface area contributed by atoms with Crippen LogP contribution in [0.1, 0.15) is 12.8 Å². The van der Waals surface area contributed by atoms with Gasteiger partial charge in [-0.3, -0.25) is 4.79 Å². The van der Waals surface area contributed by atoms with Gasteiger partial charge in [-0.15, -0.1) is 11.8 Å². The Kier molecular flexibility index (Phi) is 2.76. The Bertz CT molecular complexity index is 169. The molecule has 0 amide bonds. The van der Waals surface area contributed by atoms with Crippen LogP contribution >= 0.6 is 11.8 Å². The van der Waals surface area contributed by atoms with Crippen molar-refractivity contribution < 1.29 is 4.79 Å². The number of nitrogens with zero attached hydrogens (tertiary/aromatic N) is 1. The van der Waals surface area contributed by atoms with E-state index in [0.29, 0.717) is 23.2 Å². The predicted molar refractivity (Wildman–Crippen MR) is 40.7 cm³/mol. The van der Waals surface area contributed by atoms with Crippen molar-refractivity contribution in [2.45, 2.75) is 12.8 Å². The van der Waals surface area contributed by atoms with Gasteiger partial charge in [0.15, 0.2) is 0 Å². The molecule has 0 N–H and O–H groups in total. The van der Waals surface area contributed by atoms with E-state index in [1.54, 1.807) is 0 Å². The quantitative estimate of drug-likeness (QED) is 0.573. The van der Waals surface area contributed by atoms with Gasteiger partial charge in [-0.05, 0) is 12.8 Å². The molecule has 0 aliphatic heterocycles. The highest BCUT2D eigenvalue weighted by molar-refractivity contribution is 8.00. The number of nitriles is 1. The average molecular weight is 155 g/mol. The summed E-state index contributed by atoms with van der Waals surface area (Å²) in [4.78, 5) is 10.9. The number of hydrogen-bond acceptors (Lipinski definition) is 3. The van der Waals surface area contributed by atoms with Gasteiger partial charge in [-0.1, -0.05) is 0 Å². The molecule has 0 atom stereocenters. The van der Waals surface area contributed by atoms with Crippen molar-refractivity contribution in [2.24, 2.45) is 5.92 Å². The lowest BCUT2D eigenvalue weighted by Gasteiger charge is -1.92. The summed E-state index contributed by atoms with van der Waals surface area (Å²) in [6.07, 6.45) is 2.15. The smallest absolute Gasteiger partial charge is 0.145 e. The highest BCUT2D eigenvalue weighted by Gasteiger charge is 2.28. The van der Waals surface area contributed by atoms with Crippen LogP contribution in [0, 0.1) is 17.2 Å². The normalized spacial score (nSPS) is 16.3. The van der Waals surface area contributed by atoms with Crippen molar-refractivity contribution in [1.29, 1.82) is 5.26 Å². The van der Waals surface area contributed by atoms with Crippen LogP contribution in [-0.2, 0) is 4.79 Å². The van der Waals surface area contributed by atoms with Crippen LogP contribution < -0.4 is 0 Å². The molecule has 1 aliphatic rings. The highest BCUT2D eigenvalue weighted by Crippen LogP contribution is 2.30. The van der Waals surface area contributed by atoms with Gasteiger partial charge in [0.1, 0.15) is 5.78 Å². The number of hydrogen-bond donors (Lipinski definition) is 0. The van der Waals surface area contributed by atoms with Gasteiger partial charge in [-0.2, -0.15) is 5.26 Å². The van der Waals surface area contributed by atoms with Crippen LogP contribution in [0.4, 0.5) is 0 Å². The van der Waals surface area contributed by atoms with E-state index in [9.17, 15) is 4.79 Å². The van der Waals surface area contributed by atoms with Crippen LogP contribution in [-0.4, -0.2) is 17.3 Å². The molecule has 1 fully saturated rings. The lowest BCUT2D eigenvalue weighted by atomic mass is 10.3. The van der Waals surface area contributed by atoms with Crippen LogP contribution in [0.25, 0.3) is 0 Å². The van der Waals surface area contributed by atoms with Gasteiger partial charge in [0, 0.05) is 5.92 Å². The maximum Gasteiger partial charge on any atom is 0.145 e. The summed E-state index contributed by atoms with van der Waals surface area (Å²) < 4.78 is 0. The minimum absolute atomic E-state index is 0.334. The van der Waals surface area contributed by atoms with Gasteiger partial charge in [-0.25, -0.2) is 0 Å². The van der Waals surface area contributed by atoms with Crippen molar-refractivity contribution in [3.63, 3.8) is 0 Å². The molecule has 1 rings (SSSR count). The maximum absolute atomic E-state index is 10.9. The third-order valence-electron chi connectivity index (χ3n) is 1.44. The second-order valence-electron chi connectivity index (χ2n) is 2.39. The minimum Gasteiger partial charge on any atom is -0.298 e. The maximum atomic E-state index is 10.9. The van der Waals surface area contributed by atoms with Crippen molar-refractivity contribution in [3.05, 3.63) is 0 Å². The Hall–Kier alpha value is -0.490. The van der Waals surface area contributed by atoms with Crippen LogP contribution in [0.3, 0.4) is 0 Å². The number of ketones is 1. The predicted octanol–water partition coefficient (Wildman–Crippen LogP) is 1.22. The molecule has 0 saturated heterocycles. The molecule has 1 saturated carbocycles. The first-order valence-electron chi connectivity index (χ1n) is 3.32. The first kappa shape index (κ1) is 7.62. The minimum atomic E-state index is 0.334. The Morgan fingerprint density at radius 2 is 2.40 bits per heavy atom. The Morgan fingerprint density at radius 1 is 1.70 bits per heavy atom. The molecular formula is C7H9NOS. The molecule has 0 aromatic rings. The van der Waals surface area contributed by atoms with E-state index in [2.05, 4.69) is 0 Å². The molecule has 10 heavy (non-hydrogen) atoms. The molecule has 0 spiro atoms. The summed E-state index contributed by atoms with van der Waals surface area (Å²) in [6.45, 7) is 0. The summed E-state index contributed by atoms with van der Waals surface area (Å²) >= 11 is 1.42. The molecule has 3 heteroatoms. The van der Waals surface area contributed by atoms with Gasteiger partial charge in [0.2, 0.25) is 0 Å². The topological polar surface area (TPSA) is 40.9 Å². The first-order valence-corrected chi connectivity index (χ1v) is 4.47. The molecule has 0 aromatic carbocycles. The molecule has 2 nitrogen and oxygen atoms in total. The van der Waals surface area contributed by atoms with Crippen molar-refractivity contribution in [2.75, 3.05) is 11.5 Å². The number of rotatable bonds is 4. The fourth-order valence-corrected chi connectivity index (χ4v) is 1.35. The fourth-order valence-electron chi connectivity index (χ4n) is 0.720. The van der Waals surface area contributed by atoms with E-state index in [-0.39, 0.29) is 0 Å². The van der Waals surface area contributed by atoms with Gasteiger partial charge in [0.25, 0.3) is 0 Å². The Balaban J connectivity index is 2.02. The number of carbonyl (C=O) groups excluding carboxylic acids is 1. The molecule has 0 heterocycles. The molecule has 0 aromatic heterocycles. The molecular weight excluding hydrogens is 146 g/mol. The van der Waals surface area contributed by atoms with Crippen molar-refractivity contribution in [1.82, 2.24) is 0 Å². The van der Waals surface area contributed by atoms with E-state index in [0.717, 1.165) is 12.8 Å². The zero-order valence-corrected chi connectivity index (χ0v) is 6.49. The average Bonchev–Trinajstić information content (AvgIpc) is 2.69. The van der Waals surface area contributed by atoms with Gasteiger partial charge >= 0.3 is 0 Å². The molecule has 0 bridgehead atoms. The lowest BCUT2D eigenvalue weighted by molar-refractivity contribution is -0.117. The van der Waals surface area contributed by atoms with Gasteiger partial charge in [0.05, 0.1) is 17.6 Å². The first-order chi connectivity index (χ1) is 4.84. The lowest BCUT2D eigenvalue weighted by Crippen LogP contribution is -2.03. The van der Waals surface area contributed by atoms with Crippen LogP contribution in [0.5, 0.6) is 0 Å². The monoisotopic (exact) mass is 155 g/mol. The van der Waals surface area contributed by atoms with E-state index >= 15 is 0 Å². The zero-order chi connectivity index (χ0) is 7.40. The molecule has 0 radical (unpaired) electrons. The second-order valence-corrected chi connectivity index (χ2v) is 3.38. The van der Waals surface area contributed by atoms with E-state index in [1.807, 2.05) is 6.07 Å². The van der Waals surface area contributed by atoms with Crippen LogP contribution in [0.2, 0.25) is 0 Å². The summed E-state index contributed by atoms with van der Waals surface area (Å²) in [5, 5.41) is 8.15. The van der Waals surface area contributed by atoms with Crippen molar-refractivity contribution >= 4 is 17.5 Å². The van der Waals surface area contributed by atoms with Crippen LogP contribution in [0.15, 0.2) is 0 Å². The van der Waals surface area contributed by atoms with Crippen molar-refractivity contribution in [3.8, 4) is 6.07 Å². The number of thioether (sulfide) groups is 1. The third-order valence-corrected chi connectivity index (χ3v) is 2.27. The highest BCUT2D eigenvalue weighted by atomic mass is 32.2. The van der Waals surface area contributed by atoms with E-state index < -0.39 is 0 Å². The largest absolute Gasteiger partial charge is 0.298 e. The fraction of sp³-hybridized carbons (Fsp3) is 0.714. The molecule has 54 valence electrons. The number of Topliss-reactive ketones (excluding diaryl/α,β-unsaturated/α-hetero) is 1. The SMILES string of the molecule is N#CCSCC(=O)C1CC1. The zero-order valence-electron chi connectivity index (χ0n) is 5.67. The Labute approximate surface area is 64.6 Å².